The molecule has 108 valence electrons. The molecule has 0 bridgehead atoms. The normalized spacial score (nSPS) is 25.8. The highest BCUT2D eigenvalue weighted by molar-refractivity contribution is 4.83. The number of nitrogens with zero attached hydrogens (tertiary/aromatic N) is 1. The third kappa shape index (κ3) is 6.14. The average molecular weight is 257 g/mol. The van der Waals surface area contributed by atoms with Gasteiger partial charge in [0.15, 0.2) is 0 Å². The molecule has 4 nitrogen and oxygen atoms in total. The van der Waals surface area contributed by atoms with E-state index in [-0.39, 0.29) is 0 Å². The van der Waals surface area contributed by atoms with E-state index < -0.39 is 0 Å². The maximum absolute atomic E-state index is 9.11. The number of aliphatic hydroxyl groups is 1. The molecular formula is C14H31N3O. The minimum atomic E-state index is 0.305. The van der Waals surface area contributed by atoms with Gasteiger partial charge in [0, 0.05) is 38.8 Å². The highest BCUT2D eigenvalue weighted by atomic mass is 16.3. The van der Waals surface area contributed by atoms with Crippen molar-refractivity contribution in [3.63, 3.8) is 0 Å². The van der Waals surface area contributed by atoms with Gasteiger partial charge in [0.2, 0.25) is 0 Å². The highest BCUT2D eigenvalue weighted by Crippen LogP contribution is 2.19. The van der Waals surface area contributed by atoms with E-state index in [0.717, 1.165) is 45.1 Å². The van der Waals surface area contributed by atoms with Gasteiger partial charge in [0.25, 0.3) is 0 Å². The van der Waals surface area contributed by atoms with Crippen molar-refractivity contribution in [2.45, 2.75) is 39.2 Å². The van der Waals surface area contributed by atoms with Gasteiger partial charge in [-0.1, -0.05) is 13.8 Å². The van der Waals surface area contributed by atoms with E-state index in [1.165, 1.54) is 12.8 Å². The first-order valence-corrected chi connectivity index (χ1v) is 7.42. The van der Waals surface area contributed by atoms with Gasteiger partial charge in [-0.3, -0.25) is 0 Å². The van der Waals surface area contributed by atoms with Crippen molar-refractivity contribution in [2.24, 2.45) is 17.6 Å². The third-order valence-corrected chi connectivity index (χ3v) is 3.75. The lowest BCUT2D eigenvalue weighted by molar-refractivity contribution is 0.123. The van der Waals surface area contributed by atoms with Gasteiger partial charge in [-0.25, -0.2) is 0 Å². The maximum atomic E-state index is 9.11. The van der Waals surface area contributed by atoms with Crippen LogP contribution in [0.2, 0.25) is 0 Å². The molecule has 0 aliphatic carbocycles. The average Bonchev–Trinajstić information content (AvgIpc) is 2.29. The summed E-state index contributed by atoms with van der Waals surface area (Å²) in [5.41, 5.74) is 5.65. The Morgan fingerprint density at radius 3 is 2.78 bits per heavy atom. The summed E-state index contributed by atoms with van der Waals surface area (Å²) in [7, 11) is 0. The summed E-state index contributed by atoms with van der Waals surface area (Å²) >= 11 is 0. The number of hydrogen-bond donors (Lipinski definition) is 3. The molecule has 1 heterocycles. The molecule has 0 spiro atoms. The van der Waals surface area contributed by atoms with Gasteiger partial charge in [-0.2, -0.15) is 0 Å². The van der Waals surface area contributed by atoms with Crippen molar-refractivity contribution in [2.75, 3.05) is 39.3 Å². The fourth-order valence-corrected chi connectivity index (χ4v) is 2.78. The van der Waals surface area contributed by atoms with Crippen LogP contribution in [0.1, 0.15) is 33.1 Å². The van der Waals surface area contributed by atoms with Gasteiger partial charge in [-0.15, -0.1) is 0 Å². The molecule has 2 atom stereocenters. The lowest BCUT2D eigenvalue weighted by Gasteiger charge is -2.38. The Morgan fingerprint density at radius 1 is 1.39 bits per heavy atom. The van der Waals surface area contributed by atoms with Crippen LogP contribution in [0.5, 0.6) is 0 Å². The zero-order chi connectivity index (χ0) is 13.4. The Morgan fingerprint density at radius 2 is 2.17 bits per heavy atom. The van der Waals surface area contributed by atoms with E-state index in [1.807, 2.05) is 0 Å². The van der Waals surface area contributed by atoms with E-state index in [9.17, 15) is 0 Å². The lowest BCUT2D eigenvalue weighted by atomic mass is 9.91. The Kier molecular flexibility index (Phi) is 7.82. The zero-order valence-corrected chi connectivity index (χ0v) is 12.1. The van der Waals surface area contributed by atoms with Crippen LogP contribution in [0.25, 0.3) is 0 Å². The molecule has 0 amide bonds. The predicted octanol–water partition coefficient (Wildman–Crippen LogP) is 0.654. The van der Waals surface area contributed by atoms with Crippen LogP contribution in [-0.2, 0) is 0 Å². The summed E-state index contributed by atoms with van der Waals surface area (Å²) in [5.74, 6) is 1.38. The van der Waals surface area contributed by atoms with E-state index >= 15 is 0 Å². The number of hydrogen-bond acceptors (Lipinski definition) is 4. The molecule has 1 aliphatic heterocycles. The first-order chi connectivity index (χ1) is 8.65. The predicted molar refractivity (Wildman–Crippen MR) is 76.5 cm³/mol. The van der Waals surface area contributed by atoms with E-state index in [0.29, 0.717) is 18.6 Å². The number of nitrogens with one attached hydrogen (secondary N) is 1. The number of piperidine rings is 1. The molecule has 2 unspecified atom stereocenters. The highest BCUT2D eigenvalue weighted by Gasteiger charge is 2.25. The molecule has 4 N–H and O–H groups in total. The van der Waals surface area contributed by atoms with E-state index in [2.05, 4.69) is 24.1 Å². The molecule has 0 radical (unpaired) electrons. The van der Waals surface area contributed by atoms with E-state index in [1.54, 1.807) is 0 Å². The minimum absolute atomic E-state index is 0.305. The summed E-state index contributed by atoms with van der Waals surface area (Å²) in [6.45, 7) is 9.84. The van der Waals surface area contributed by atoms with Gasteiger partial charge in [-0.05, 0) is 37.6 Å². The van der Waals surface area contributed by atoms with Crippen molar-refractivity contribution in [1.82, 2.24) is 10.2 Å². The summed E-state index contributed by atoms with van der Waals surface area (Å²) in [6.07, 6.45) is 3.35. The molecule has 1 saturated heterocycles. The SMILES string of the molecule is CC(C)CCNC1CC(CCO)CN(CCN)C1. The zero-order valence-electron chi connectivity index (χ0n) is 12.1. The van der Waals surface area contributed by atoms with Crippen LogP contribution < -0.4 is 11.1 Å². The van der Waals surface area contributed by atoms with Crippen LogP contribution in [0, 0.1) is 11.8 Å². The second kappa shape index (κ2) is 8.86. The smallest absolute Gasteiger partial charge is 0.0434 e. The number of nitrogens with two attached hydrogens (primary N) is 1. The number of aliphatic hydroxyl groups excluding tert-OH is 1. The quantitative estimate of drug-likeness (QED) is 0.598. The fourth-order valence-electron chi connectivity index (χ4n) is 2.78. The maximum Gasteiger partial charge on any atom is 0.0434 e. The Balaban J connectivity index is 2.35. The van der Waals surface area contributed by atoms with Crippen molar-refractivity contribution in [3.05, 3.63) is 0 Å². The van der Waals surface area contributed by atoms with Crippen molar-refractivity contribution in [1.29, 1.82) is 0 Å². The van der Waals surface area contributed by atoms with Crippen LogP contribution in [0.4, 0.5) is 0 Å². The first kappa shape index (κ1) is 15.9. The molecule has 0 aromatic heterocycles. The monoisotopic (exact) mass is 257 g/mol. The Hall–Kier alpha value is -0.160. The lowest BCUT2D eigenvalue weighted by Crippen LogP contribution is -2.50. The van der Waals surface area contributed by atoms with E-state index in [4.69, 9.17) is 10.8 Å². The summed E-state index contributed by atoms with van der Waals surface area (Å²) in [6, 6.07) is 0.570. The largest absolute Gasteiger partial charge is 0.396 e. The van der Waals surface area contributed by atoms with Gasteiger partial charge in [0.1, 0.15) is 0 Å². The van der Waals surface area contributed by atoms with Gasteiger partial charge in [0.05, 0.1) is 0 Å². The first-order valence-electron chi connectivity index (χ1n) is 7.42. The third-order valence-electron chi connectivity index (χ3n) is 3.75. The van der Waals surface area contributed by atoms with Crippen molar-refractivity contribution >= 4 is 0 Å². The standard InChI is InChI=1S/C14H31N3O/c1-12(2)3-6-16-14-9-13(4-8-18)10-17(11-14)7-5-15/h12-14,16,18H,3-11,15H2,1-2H3. The van der Waals surface area contributed by atoms with Crippen molar-refractivity contribution in [3.8, 4) is 0 Å². The fraction of sp³-hybridized carbons (Fsp3) is 1.00. The number of rotatable bonds is 8. The number of likely N-dealkylation sites (tertiary alicyclic amines) is 1. The molecular weight excluding hydrogens is 226 g/mol. The topological polar surface area (TPSA) is 61.5 Å². The van der Waals surface area contributed by atoms with Crippen LogP contribution in [-0.4, -0.2) is 55.4 Å². The second-order valence-electron chi connectivity index (χ2n) is 6.00. The Labute approximate surface area is 112 Å². The molecule has 1 fully saturated rings. The molecule has 1 aliphatic rings. The van der Waals surface area contributed by atoms with Gasteiger partial charge < -0.3 is 21.1 Å². The van der Waals surface area contributed by atoms with Crippen LogP contribution >= 0.6 is 0 Å². The Bertz CT molecular complexity index is 197. The molecule has 4 heteroatoms. The minimum Gasteiger partial charge on any atom is -0.396 e. The summed E-state index contributed by atoms with van der Waals surface area (Å²) < 4.78 is 0. The molecule has 1 rings (SSSR count). The molecule has 0 aromatic rings. The summed E-state index contributed by atoms with van der Waals surface area (Å²) in [4.78, 5) is 2.44. The summed E-state index contributed by atoms with van der Waals surface area (Å²) in [5, 5.41) is 12.8. The van der Waals surface area contributed by atoms with Crippen LogP contribution in [0.15, 0.2) is 0 Å². The molecule has 0 saturated carbocycles. The van der Waals surface area contributed by atoms with Crippen molar-refractivity contribution < 1.29 is 5.11 Å². The molecule has 18 heavy (non-hydrogen) atoms. The van der Waals surface area contributed by atoms with Crippen LogP contribution in [0.3, 0.4) is 0 Å². The van der Waals surface area contributed by atoms with Gasteiger partial charge >= 0.3 is 0 Å². The molecule has 0 aromatic carbocycles. The second-order valence-corrected chi connectivity index (χ2v) is 6.00.